The molecule has 2 aliphatic rings. The van der Waals surface area contributed by atoms with Crippen LogP contribution < -0.4 is 0 Å². The number of nitrogens with zero attached hydrogens (tertiary/aromatic N) is 5. The molecular formula is C41H51N5O4. The van der Waals surface area contributed by atoms with E-state index in [1.807, 2.05) is 6.92 Å². The van der Waals surface area contributed by atoms with Crippen molar-refractivity contribution >= 4 is 24.2 Å². The Morgan fingerprint density at radius 1 is 0.860 bits per heavy atom. The minimum atomic E-state index is -0.406. The number of hydrogen-bond donors (Lipinski definition) is 0. The van der Waals surface area contributed by atoms with Gasteiger partial charge in [-0.1, -0.05) is 99.5 Å². The lowest BCUT2D eigenvalue weighted by molar-refractivity contribution is -0.384. The quantitative estimate of drug-likeness (QED) is 0.0828. The lowest BCUT2D eigenvalue weighted by atomic mass is 9.68. The fraction of sp³-hybridized carbons (Fsp3) is 0.439. The van der Waals surface area contributed by atoms with E-state index in [0.717, 1.165) is 87.2 Å². The highest BCUT2D eigenvalue weighted by Crippen LogP contribution is 2.43. The van der Waals surface area contributed by atoms with Gasteiger partial charge in [0.1, 0.15) is 0 Å². The van der Waals surface area contributed by atoms with Gasteiger partial charge < -0.3 is 14.7 Å². The molecule has 2 heterocycles. The highest BCUT2D eigenvalue weighted by Gasteiger charge is 2.41. The van der Waals surface area contributed by atoms with Crippen molar-refractivity contribution < 1.29 is 14.5 Å². The predicted octanol–water partition coefficient (Wildman–Crippen LogP) is 7.72. The predicted molar refractivity (Wildman–Crippen MR) is 199 cm³/mol. The lowest BCUT2D eigenvalue weighted by Gasteiger charge is -2.44. The first-order chi connectivity index (χ1) is 24.4. The van der Waals surface area contributed by atoms with E-state index in [4.69, 9.17) is 4.99 Å². The van der Waals surface area contributed by atoms with E-state index in [2.05, 4.69) is 79.4 Å². The van der Waals surface area contributed by atoms with E-state index in [1.165, 1.54) is 23.3 Å². The molecular weight excluding hydrogens is 626 g/mol. The van der Waals surface area contributed by atoms with E-state index in [1.54, 1.807) is 21.9 Å². The molecule has 2 amide bonds. The average molecular weight is 678 g/mol. The number of likely N-dealkylation sites (tertiary alicyclic amines) is 1. The largest absolute Gasteiger partial charge is 0.336 e. The Labute approximate surface area is 296 Å². The molecule has 1 fully saturated rings. The van der Waals surface area contributed by atoms with Crippen molar-refractivity contribution in [1.29, 1.82) is 0 Å². The topological polar surface area (TPSA) is 99.4 Å². The molecule has 9 nitrogen and oxygen atoms in total. The monoisotopic (exact) mass is 677 g/mol. The smallest absolute Gasteiger partial charge is 0.269 e. The molecule has 1 saturated heterocycles. The van der Waals surface area contributed by atoms with Gasteiger partial charge >= 0.3 is 0 Å². The van der Waals surface area contributed by atoms with Gasteiger partial charge in [0.05, 0.1) is 28.3 Å². The van der Waals surface area contributed by atoms with E-state index < -0.39 is 11.0 Å². The molecule has 3 aromatic rings. The van der Waals surface area contributed by atoms with Gasteiger partial charge in [-0.3, -0.25) is 24.7 Å². The van der Waals surface area contributed by atoms with Gasteiger partial charge in [-0.05, 0) is 75.4 Å². The second-order valence-corrected chi connectivity index (χ2v) is 13.5. The normalized spacial score (nSPS) is 19.1. The Hall–Kier alpha value is -4.63. The molecule has 2 aliphatic heterocycles. The molecule has 0 N–H and O–H groups in total. The van der Waals surface area contributed by atoms with Crippen LogP contribution in [0.5, 0.6) is 0 Å². The Morgan fingerprint density at radius 3 is 1.96 bits per heavy atom. The van der Waals surface area contributed by atoms with E-state index in [9.17, 15) is 19.7 Å². The van der Waals surface area contributed by atoms with Gasteiger partial charge in [-0.2, -0.15) is 0 Å². The van der Waals surface area contributed by atoms with Crippen LogP contribution in [0.1, 0.15) is 88.3 Å². The summed E-state index contributed by atoms with van der Waals surface area (Å²) < 4.78 is 0. The third-order valence-corrected chi connectivity index (χ3v) is 10.5. The van der Waals surface area contributed by atoms with E-state index in [-0.39, 0.29) is 17.0 Å². The van der Waals surface area contributed by atoms with Crippen LogP contribution in [0.4, 0.5) is 5.69 Å². The molecule has 264 valence electrons. The van der Waals surface area contributed by atoms with Crippen molar-refractivity contribution in [1.82, 2.24) is 14.7 Å². The first-order valence-corrected chi connectivity index (χ1v) is 18.2. The number of aliphatic imine (C=N–C) groups is 1. The third-order valence-electron chi connectivity index (χ3n) is 10.5. The lowest BCUT2D eigenvalue weighted by Crippen LogP contribution is -2.49. The Balaban J connectivity index is 1.41. The molecule has 0 saturated carbocycles. The van der Waals surface area contributed by atoms with Crippen molar-refractivity contribution in [3.8, 4) is 0 Å². The zero-order valence-electron chi connectivity index (χ0n) is 29.7. The van der Waals surface area contributed by atoms with E-state index in [0.29, 0.717) is 25.9 Å². The summed E-state index contributed by atoms with van der Waals surface area (Å²) >= 11 is 0. The van der Waals surface area contributed by atoms with Crippen molar-refractivity contribution in [3.05, 3.63) is 123 Å². The maximum absolute atomic E-state index is 13.0. The van der Waals surface area contributed by atoms with Crippen LogP contribution in [0.3, 0.4) is 0 Å². The molecule has 9 heteroatoms. The SMILES string of the molecule is CCCC1=NC(CCC)=C(N(C=O)CCCN2CCC(c3ccccc3)(c3ccccc3)CC2)C(c2ccc([N+](=O)[O-])cc2)C1N(C=O)CC. The van der Waals surface area contributed by atoms with Crippen molar-refractivity contribution in [2.75, 3.05) is 32.7 Å². The maximum Gasteiger partial charge on any atom is 0.269 e. The Bertz CT molecular complexity index is 1590. The Morgan fingerprint density at radius 2 is 1.46 bits per heavy atom. The summed E-state index contributed by atoms with van der Waals surface area (Å²) in [5.41, 5.74) is 6.09. The van der Waals surface area contributed by atoms with Crippen molar-refractivity contribution in [3.63, 3.8) is 0 Å². The molecule has 0 bridgehead atoms. The summed E-state index contributed by atoms with van der Waals surface area (Å²) in [5.74, 6) is -0.390. The summed E-state index contributed by atoms with van der Waals surface area (Å²) in [6.07, 6.45) is 7.67. The number of nitro benzene ring substituents is 1. The van der Waals surface area contributed by atoms with E-state index >= 15 is 0 Å². The van der Waals surface area contributed by atoms with Gasteiger partial charge in [0.25, 0.3) is 5.69 Å². The number of likely N-dealkylation sites (N-methyl/N-ethyl adjacent to an activating group) is 1. The minimum absolute atomic E-state index is 0.00271. The number of piperidine rings is 1. The zero-order valence-corrected chi connectivity index (χ0v) is 29.7. The highest BCUT2D eigenvalue weighted by molar-refractivity contribution is 5.94. The number of nitro groups is 1. The first kappa shape index (κ1) is 36.6. The number of benzene rings is 3. The second kappa shape index (κ2) is 17.3. The standard InChI is InChI=1S/C41H51N5O4/c1-4-14-36-39(44(6-3)30-47)38(32-20-22-35(23-21-32)46(49)50)40(37(42-36)15-5-2)45(31-48)27-13-26-43-28-24-41(25-29-43,33-16-9-7-10-17-33)34-18-11-8-12-19-34/h7-12,16-23,30-31,38-39H,4-6,13-15,24-29H2,1-3H3. The summed E-state index contributed by atoms with van der Waals surface area (Å²) in [6, 6.07) is 27.9. The number of rotatable bonds is 17. The number of amides is 2. The van der Waals surface area contributed by atoms with Gasteiger partial charge in [0, 0.05) is 36.3 Å². The molecule has 2 atom stereocenters. The molecule has 50 heavy (non-hydrogen) atoms. The molecule has 2 unspecified atom stereocenters. The first-order valence-electron chi connectivity index (χ1n) is 18.2. The van der Waals surface area contributed by atoms with Crippen LogP contribution in [0, 0.1) is 10.1 Å². The number of carbonyl (C=O) groups excluding carboxylic acids is 2. The fourth-order valence-electron chi connectivity index (χ4n) is 8.02. The molecule has 3 aromatic carbocycles. The minimum Gasteiger partial charge on any atom is -0.336 e. The van der Waals surface area contributed by atoms with Gasteiger partial charge in [0.2, 0.25) is 12.8 Å². The fourth-order valence-corrected chi connectivity index (χ4v) is 8.02. The number of hydrogen-bond acceptors (Lipinski definition) is 6. The molecule has 0 aliphatic carbocycles. The highest BCUT2D eigenvalue weighted by atomic mass is 16.6. The summed E-state index contributed by atoms with van der Waals surface area (Å²) in [6.45, 7) is 9.88. The average Bonchev–Trinajstić information content (AvgIpc) is 3.16. The molecule has 0 spiro atoms. The Kier molecular flexibility index (Phi) is 12.7. The van der Waals surface area contributed by atoms with Crippen molar-refractivity contribution in [2.45, 2.75) is 83.1 Å². The van der Waals surface area contributed by atoms with Crippen LogP contribution in [0.15, 0.2) is 101 Å². The molecule has 5 rings (SSSR count). The summed E-state index contributed by atoms with van der Waals surface area (Å²) in [5, 5.41) is 11.5. The van der Waals surface area contributed by atoms with Crippen molar-refractivity contribution in [2.24, 2.45) is 4.99 Å². The van der Waals surface area contributed by atoms with Crippen LogP contribution in [-0.2, 0) is 15.0 Å². The summed E-state index contributed by atoms with van der Waals surface area (Å²) in [7, 11) is 0. The third kappa shape index (κ3) is 7.88. The van der Waals surface area contributed by atoms with Gasteiger partial charge in [0.15, 0.2) is 0 Å². The number of allylic oxidation sites excluding steroid dienone is 1. The molecule has 0 aromatic heterocycles. The molecule has 0 radical (unpaired) electrons. The van der Waals surface area contributed by atoms with Crippen LogP contribution in [-0.4, -0.2) is 76.9 Å². The van der Waals surface area contributed by atoms with Crippen LogP contribution >= 0.6 is 0 Å². The number of non-ortho nitro benzene ring substituents is 1. The number of carbonyl (C=O) groups is 2. The van der Waals surface area contributed by atoms with Crippen LogP contribution in [0.2, 0.25) is 0 Å². The van der Waals surface area contributed by atoms with Crippen LogP contribution in [0.25, 0.3) is 0 Å². The zero-order chi connectivity index (χ0) is 35.5. The van der Waals surface area contributed by atoms with Gasteiger partial charge in [-0.25, -0.2) is 0 Å². The summed E-state index contributed by atoms with van der Waals surface area (Å²) in [4.78, 5) is 47.9. The second-order valence-electron chi connectivity index (χ2n) is 13.5. The van der Waals surface area contributed by atoms with Gasteiger partial charge in [-0.15, -0.1) is 0 Å². The maximum atomic E-state index is 13.0.